The summed E-state index contributed by atoms with van der Waals surface area (Å²) in [5, 5.41) is 19.2. The predicted molar refractivity (Wildman–Crippen MR) is 96.9 cm³/mol. The highest BCUT2D eigenvalue weighted by molar-refractivity contribution is 5.72. The summed E-state index contributed by atoms with van der Waals surface area (Å²) in [6.45, 7) is 0.738. The number of aliphatic carboxylic acids is 1. The van der Waals surface area contributed by atoms with Crippen LogP contribution < -0.4 is 5.73 Å². The molecule has 0 aliphatic heterocycles. The first-order valence-corrected chi connectivity index (χ1v) is 9.41. The Kier molecular flexibility index (Phi) is 10.0. The summed E-state index contributed by atoms with van der Waals surface area (Å²) < 4.78 is 0. The zero-order valence-electron chi connectivity index (χ0n) is 15.1. The molecule has 1 saturated carbocycles. The van der Waals surface area contributed by atoms with E-state index in [1.807, 2.05) is 0 Å². The van der Waals surface area contributed by atoms with E-state index in [1.165, 1.54) is 11.3 Å². The van der Waals surface area contributed by atoms with E-state index < -0.39 is 17.6 Å². The van der Waals surface area contributed by atoms with Crippen molar-refractivity contribution < 1.29 is 19.8 Å². The van der Waals surface area contributed by atoms with E-state index in [9.17, 15) is 14.7 Å². The summed E-state index contributed by atoms with van der Waals surface area (Å²) in [6.07, 6.45) is 10.2. The van der Waals surface area contributed by atoms with Crippen LogP contribution in [0.2, 0.25) is 0 Å². The average molecular weight is 352 g/mol. The first-order valence-electron chi connectivity index (χ1n) is 9.41. The Bertz CT molecular complexity index is 474. The van der Waals surface area contributed by atoms with Crippen LogP contribution in [0.15, 0.2) is 0 Å². The lowest BCUT2D eigenvalue weighted by Gasteiger charge is -2.24. The van der Waals surface area contributed by atoms with Crippen LogP contribution in [0.3, 0.4) is 0 Å². The van der Waals surface area contributed by atoms with Crippen molar-refractivity contribution in [2.24, 2.45) is 5.73 Å². The molecule has 0 radical (unpaired) electrons. The SMILES string of the molecule is NC(=O)N(CC#CC1(O)CCCCCCC1)CCCCCCC(=O)O. The first kappa shape index (κ1) is 21.3. The number of carbonyl (C=O) groups excluding carboxylic acids is 1. The maximum Gasteiger partial charge on any atom is 0.315 e. The van der Waals surface area contributed by atoms with Gasteiger partial charge in [-0.15, -0.1) is 0 Å². The second-order valence-electron chi connectivity index (χ2n) is 6.92. The molecular weight excluding hydrogens is 320 g/mol. The number of unbranched alkanes of at least 4 members (excludes halogenated alkanes) is 3. The lowest BCUT2D eigenvalue weighted by Crippen LogP contribution is -2.37. The van der Waals surface area contributed by atoms with Crippen molar-refractivity contribution in [1.29, 1.82) is 0 Å². The summed E-state index contributed by atoms with van der Waals surface area (Å²) in [6, 6.07) is -0.510. The molecule has 1 aliphatic carbocycles. The number of carboxylic acid groups (broad SMARTS) is 1. The summed E-state index contributed by atoms with van der Waals surface area (Å²) >= 11 is 0. The van der Waals surface area contributed by atoms with E-state index in [0.29, 0.717) is 25.8 Å². The van der Waals surface area contributed by atoms with Gasteiger partial charge in [0.25, 0.3) is 0 Å². The molecule has 0 unspecified atom stereocenters. The second kappa shape index (κ2) is 11.8. The number of aliphatic hydroxyl groups is 1. The van der Waals surface area contributed by atoms with Crippen LogP contribution in [0.4, 0.5) is 4.79 Å². The van der Waals surface area contributed by atoms with Crippen molar-refractivity contribution in [2.45, 2.75) is 82.7 Å². The maximum atomic E-state index is 11.5. The molecule has 2 amide bonds. The van der Waals surface area contributed by atoms with Crippen molar-refractivity contribution in [1.82, 2.24) is 4.90 Å². The fourth-order valence-electron chi connectivity index (χ4n) is 3.11. The van der Waals surface area contributed by atoms with Crippen LogP contribution in [0.1, 0.15) is 77.0 Å². The molecule has 142 valence electrons. The lowest BCUT2D eigenvalue weighted by atomic mass is 9.87. The van der Waals surface area contributed by atoms with Crippen molar-refractivity contribution in [2.75, 3.05) is 13.1 Å². The Labute approximate surface area is 150 Å². The van der Waals surface area contributed by atoms with Gasteiger partial charge in [-0.1, -0.05) is 43.9 Å². The second-order valence-corrected chi connectivity index (χ2v) is 6.92. The molecule has 1 fully saturated rings. The lowest BCUT2D eigenvalue weighted by molar-refractivity contribution is -0.137. The Hall–Kier alpha value is -1.74. The van der Waals surface area contributed by atoms with E-state index >= 15 is 0 Å². The van der Waals surface area contributed by atoms with E-state index in [1.54, 1.807) is 0 Å². The Balaban J connectivity index is 2.37. The number of hydrogen-bond donors (Lipinski definition) is 3. The van der Waals surface area contributed by atoms with Gasteiger partial charge in [0.05, 0.1) is 6.54 Å². The molecule has 0 aromatic heterocycles. The number of primary amides is 1. The monoisotopic (exact) mass is 352 g/mol. The normalized spacial score (nSPS) is 16.8. The Morgan fingerprint density at radius 3 is 2.20 bits per heavy atom. The van der Waals surface area contributed by atoms with Gasteiger partial charge < -0.3 is 20.8 Å². The summed E-state index contributed by atoms with van der Waals surface area (Å²) in [5.74, 6) is 5.13. The molecular formula is C19H32N2O4. The number of carboxylic acids is 1. The molecule has 0 saturated heterocycles. The maximum absolute atomic E-state index is 11.5. The average Bonchev–Trinajstić information content (AvgIpc) is 2.52. The van der Waals surface area contributed by atoms with Crippen molar-refractivity contribution in [3.63, 3.8) is 0 Å². The van der Waals surface area contributed by atoms with Crippen molar-refractivity contribution in [3.8, 4) is 11.8 Å². The zero-order chi connectivity index (χ0) is 18.5. The molecule has 6 heteroatoms. The summed E-state index contributed by atoms with van der Waals surface area (Å²) in [7, 11) is 0. The van der Waals surface area contributed by atoms with Gasteiger partial charge in [-0.3, -0.25) is 4.79 Å². The van der Waals surface area contributed by atoms with Gasteiger partial charge in [-0.2, -0.15) is 0 Å². The van der Waals surface area contributed by atoms with Crippen molar-refractivity contribution in [3.05, 3.63) is 0 Å². The highest BCUT2D eigenvalue weighted by atomic mass is 16.4. The molecule has 4 N–H and O–H groups in total. The standard InChI is InChI=1S/C19H32N2O4/c20-18(24)21(15-9-5-2-6-11-17(22)23)16-10-14-19(25)12-7-3-1-4-8-13-19/h25H,1-9,11-13,15-16H2,(H2,20,24)(H,22,23). The van der Waals surface area contributed by atoms with E-state index in [0.717, 1.165) is 44.9 Å². The van der Waals surface area contributed by atoms with Gasteiger partial charge in [0.1, 0.15) is 5.60 Å². The number of urea groups is 1. The molecule has 25 heavy (non-hydrogen) atoms. The van der Waals surface area contributed by atoms with Crippen LogP contribution in [0.5, 0.6) is 0 Å². The third-order valence-electron chi connectivity index (χ3n) is 4.65. The van der Waals surface area contributed by atoms with Crippen LogP contribution >= 0.6 is 0 Å². The zero-order valence-corrected chi connectivity index (χ0v) is 15.1. The number of carbonyl (C=O) groups is 2. The third kappa shape index (κ3) is 9.98. The molecule has 0 spiro atoms. The van der Waals surface area contributed by atoms with Gasteiger partial charge in [0, 0.05) is 13.0 Å². The van der Waals surface area contributed by atoms with E-state index in [2.05, 4.69) is 11.8 Å². The van der Waals surface area contributed by atoms with Crippen LogP contribution in [0.25, 0.3) is 0 Å². The Morgan fingerprint density at radius 2 is 1.60 bits per heavy atom. The molecule has 1 rings (SSSR count). The highest BCUT2D eigenvalue weighted by Gasteiger charge is 2.24. The minimum atomic E-state index is -0.930. The van der Waals surface area contributed by atoms with Gasteiger partial charge in [0.15, 0.2) is 0 Å². The number of nitrogens with zero attached hydrogens (tertiary/aromatic N) is 1. The molecule has 0 heterocycles. The van der Waals surface area contributed by atoms with E-state index in [-0.39, 0.29) is 13.0 Å². The number of hydrogen-bond acceptors (Lipinski definition) is 3. The highest BCUT2D eigenvalue weighted by Crippen LogP contribution is 2.25. The summed E-state index contributed by atoms with van der Waals surface area (Å²) in [4.78, 5) is 23.4. The number of rotatable bonds is 8. The molecule has 0 aromatic rings. The van der Waals surface area contributed by atoms with Crippen molar-refractivity contribution >= 4 is 12.0 Å². The van der Waals surface area contributed by atoms with Gasteiger partial charge in [-0.05, 0) is 38.5 Å². The summed E-state index contributed by atoms with van der Waals surface area (Å²) in [5.41, 5.74) is 4.46. The first-order chi connectivity index (χ1) is 11.9. The number of amides is 2. The minimum Gasteiger partial charge on any atom is -0.481 e. The smallest absolute Gasteiger partial charge is 0.315 e. The van der Waals surface area contributed by atoms with Crippen LogP contribution in [0, 0.1) is 11.8 Å². The molecule has 0 bridgehead atoms. The Morgan fingerprint density at radius 1 is 1.00 bits per heavy atom. The predicted octanol–water partition coefficient (Wildman–Crippen LogP) is 2.88. The topological polar surface area (TPSA) is 104 Å². The third-order valence-corrected chi connectivity index (χ3v) is 4.65. The van der Waals surface area contributed by atoms with Gasteiger partial charge in [-0.25, -0.2) is 4.79 Å². The van der Waals surface area contributed by atoms with Gasteiger partial charge >= 0.3 is 12.0 Å². The quantitative estimate of drug-likeness (QED) is 0.461. The number of nitrogens with two attached hydrogens (primary N) is 1. The fourth-order valence-corrected chi connectivity index (χ4v) is 3.11. The molecule has 1 aliphatic rings. The van der Waals surface area contributed by atoms with Crippen LogP contribution in [-0.4, -0.2) is 45.8 Å². The van der Waals surface area contributed by atoms with E-state index in [4.69, 9.17) is 10.8 Å². The molecule has 0 atom stereocenters. The largest absolute Gasteiger partial charge is 0.481 e. The molecule has 0 aromatic carbocycles. The van der Waals surface area contributed by atoms with Gasteiger partial charge in [0.2, 0.25) is 0 Å². The molecule has 6 nitrogen and oxygen atoms in total. The fraction of sp³-hybridized carbons (Fsp3) is 0.789. The van der Waals surface area contributed by atoms with Crippen LogP contribution in [-0.2, 0) is 4.79 Å². The minimum absolute atomic E-state index is 0.184.